The summed E-state index contributed by atoms with van der Waals surface area (Å²) in [4.78, 5) is 27.2. The van der Waals surface area contributed by atoms with E-state index < -0.39 is 21.4 Å². The predicted molar refractivity (Wildman–Crippen MR) is 129 cm³/mol. The summed E-state index contributed by atoms with van der Waals surface area (Å²) in [5.74, 6) is -0.642. The maximum Gasteiger partial charge on any atom is 0.243 e. The van der Waals surface area contributed by atoms with Gasteiger partial charge in [0.15, 0.2) is 0 Å². The number of anilines is 2. The maximum absolute atomic E-state index is 13.5. The Labute approximate surface area is 195 Å². The van der Waals surface area contributed by atoms with Gasteiger partial charge in [0.2, 0.25) is 21.8 Å². The molecule has 2 aliphatic rings. The first-order chi connectivity index (χ1) is 15.6. The van der Waals surface area contributed by atoms with Crippen LogP contribution >= 0.6 is 0 Å². The summed E-state index contributed by atoms with van der Waals surface area (Å²) in [5, 5.41) is 2.95. The molecular weight excluding hydrogens is 438 g/mol. The van der Waals surface area contributed by atoms with Crippen LogP contribution in [0.2, 0.25) is 0 Å². The number of sulfonamides is 1. The highest BCUT2D eigenvalue weighted by molar-refractivity contribution is 7.89. The summed E-state index contributed by atoms with van der Waals surface area (Å²) in [6.07, 6.45) is 2.13. The number of likely N-dealkylation sites (N-methyl/N-ethyl adjacent to an activating group) is 1. The summed E-state index contributed by atoms with van der Waals surface area (Å²) in [6, 6.07) is 12.6. The van der Waals surface area contributed by atoms with Crippen molar-refractivity contribution in [3.8, 4) is 0 Å². The van der Waals surface area contributed by atoms with Gasteiger partial charge in [-0.15, -0.1) is 0 Å². The van der Waals surface area contributed by atoms with Gasteiger partial charge in [-0.2, -0.15) is 4.31 Å². The minimum atomic E-state index is -3.80. The van der Waals surface area contributed by atoms with Gasteiger partial charge >= 0.3 is 0 Å². The highest BCUT2D eigenvalue weighted by Crippen LogP contribution is 2.42. The number of carbonyl (C=O) groups is 2. The number of nitrogens with one attached hydrogen (secondary N) is 1. The number of amides is 2. The van der Waals surface area contributed by atoms with Crippen LogP contribution in [0.1, 0.15) is 44.7 Å². The molecule has 2 aromatic carbocycles. The molecule has 2 aliphatic heterocycles. The Morgan fingerprint density at radius 2 is 1.94 bits per heavy atom. The van der Waals surface area contributed by atoms with Crippen LogP contribution in [0.15, 0.2) is 47.4 Å². The average Bonchev–Trinajstić information content (AvgIpc) is 2.99. The van der Waals surface area contributed by atoms with Crippen LogP contribution < -0.4 is 10.2 Å². The second-order valence-corrected chi connectivity index (χ2v) is 11.4. The molecule has 176 valence electrons. The van der Waals surface area contributed by atoms with Crippen LogP contribution in [0.25, 0.3) is 0 Å². The molecule has 1 N–H and O–H groups in total. The second kappa shape index (κ2) is 8.57. The first kappa shape index (κ1) is 23.4. The number of carbonyl (C=O) groups excluding carboxylic acids is 2. The molecule has 2 aromatic rings. The number of piperidine rings is 1. The molecule has 33 heavy (non-hydrogen) atoms. The normalized spacial score (nSPS) is 20.5. The van der Waals surface area contributed by atoms with Crippen molar-refractivity contribution in [3.63, 3.8) is 0 Å². The zero-order valence-corrected chi connectivity index (χ0v) is 20.4. The summed E-state index contributed by atoms with van der Waals surface area (Å²) < 4.78 is 28.3. The molecule has 0 aromatic heterocycles. The van der Waals surface area contributed by atoms with E-state index in [9.17, 15) is 18.0 Å². The molecule has 0 saturated carbocycles. The van der Waals surface area contributed by atoms with E-state index in [2.05, 4.69) is 12.2 Å². The van der Waals surface area contributed by atoms with E-state index in [1.807, 2.05) is 38.1 Å². The van der Waals surface area contributed by atoms with Crippen LogP contribution in [0.3, 0.4) is 0 Å². The van der Waals surface area contributed by atoms with Crippen molar-refractivity contribution in [1.82, 2.24) is 4.31 Å². The van der Waals surface area contributed by atoms with E-state index in [1.165, 1.54) is 4.31 Å². The molecule has 0 unspecified atom stereocenters. The number of aryl methyl sites for hydroxylation is 1. The van der Waals surface area contributed by atoms with Crippen molar-refractivity contribution in [2.45, 2.75) is 50.3 Å². The van der Waals surface area contributed by atoms with Crippen LogP contribution in [0.4, 0.5) is 11.4 Å². The summed E-state index contributed by atoms with van der Waals surface area (Å²) in [7, 11) is -2.09. The highest BCUT2D eigenvalue weighted by Gasteiger charge is 2.43. The number of fused-ring (bicyclic) bond motifs is 1. The van der Waals surface area contributed by atoms with Gasteiger partial charge in [-0.1, -0.05) is 19.1 Å². The molecule has 8 heteroatoms. The van der Waals surface area contributed by atoms with Crippen LogP contribution in [-0.4, -0.2) is 44.7 Å². The van der Waals surface area contributed by atoms with Crippen LogP contribution in [0.5, 0.6) is 0 Å². The van der Waals surface area contributed by atoms with Crippen molar-refractivity contribution in [2.75, 3.05) is 30.4 Å². The van der Waals surface area contributed by atoms with Gasteiger partial charge in [-0.05, 0) is 74.6 Å². The molecule has 0 spiro atoms. The molecule has 1 saturated heterocycles. The van der Waals surface area contributed by atoms with E-state index in [-0.39, 0.29) is 23.3 Å². The van der Waals surface area contributed by atoms with Crippen molar-refractivity contribution in [2.24, 2.45) is 5.92 Å². The molecule has 1 atom stereocenters. The fourth-order valence-corrected chi connectivity index (χ4v) is 6.30. The van der Waals surface area contributed by atoms with E-state index >= 15 is 0 Å². The second-order valence-electron chi connectivity index (χ2n) is 9.41. The largest absolute Gasteiger partial charge is 0.326 e. The van der Waals surface area contributed by atoms with Gasteiger partial charge < -0.3 is 10.2 Å². The molecular formula is C25H31N3O4S. The first-order valence-corrected chi connectivity index (χ1v) is 12.8. The lowest BCUT2D eigenvalue weighted by Gasteiger charge is -2.31. The Bertz CT molecular complexity index is 1210. The monoisotopic (exact) mass is 469 g/mol. The van der Waals surface area contributed by atoms with E-state index in [0.717, 1.165) is 23.4 Å². The van der Waals surface area contributed by atoms with E-state index in [0.29, 0.717) is 24.9 Å². The number of rotatable bonds is 5. The third-order valence-electron chi connectivity index (χ3n) is 6.84. The topological polar surface area (TPSA) is 86.8 Å². The molecule has 2 heterocycles. The van der Waals surface area contributed by atoms with Crippen molar-refractivity contribution in [3.05, 3.63) is 53.6 Å². The Kier molecular flexibility index (Phi) is 6.09. The SMILES string of the molecule is CCc1cccc(NC(=O)[C@@H]2CCCN(S(=O)(=O)c3ccc4c(c3)C(C)(C)C(=O)N4C)C2)c1. The molecule has 1 fully saturated rings. The molecule has 7 nitrogen and oxygen atoms in total. The Hall–Kier alpha value is -2.71. The summed E-state index contributed by atoms with van der Waals surface area (Å²) >= 11 is 0. The minimum Gasteiger partial charge on any atom is -0.326 e. The van der Waals surface area contributed by atoms with Crippen molar-refractivity contribution in [1.29, 1.82) is 0 Å². The molecule has 2 amide bonds. The van der Waals surface area contributed by atoms with Gasteiger partial charge in [0.1, 0.15) is 0 Å². The summed E-state index contributed by atoms with van der Waals surface area (Å²) in [6.45, 7) is 6.18. The van der Waals surface area contributed by atoms with Gasteiger partial charge in [-0.25, -0.2) is 8.42 Å². The average molecular weight is 470 g/mol. The highest BCUT2D eigenvalue weighted by atomic mass is 32.2. The lowest BCUT2D eigenvalue weighted by Crippen LogP contribution is -2.43. The maximum atomic E-state index is 13.5. The molecule has 4 rings (SSSR count). The lowest BCUT2D eigenvalue weighted by molar-refractivity contribution is -0.122. The quantitative estimate of drug-likeness (QED) is 0.726. The number of benzene rings is 2. The van der Waals surface area contributed by atoms with Gasteiger partial charge in [0, 0.05) is 31.5 Å². The van der Waals surface area contributed by atoms with Crippen molar-refractivity contribution < 1.29 is 18.0 Å². The fraction of sp³-hybridized carbons (Fsp3) is 0.440. The van der Waals surface area contributed by atoms with E-state index in [4.69, 9.17) is 0 Å². The zero-order chi connectivity index (χ0) is 24.0. The lowest BCUT2D eigenvalue weighted by atomic mass is 9.86. The number of hydrogen-bond acceptors (Lipinski definition) is 4. The van der Waals surface area contributed by atoms with Gasteiger partial charge in [0.25, 0.3) is 0 Å². The fourth-order valence-electron chi connectivity index (χ4n) is 4.75. The molecule has 0 aliphatic carbocycles. The Morgan fingerprint density at radius 3 is 2.67 bits per heavy atom. The molecule has 0 radical (unpaired) electrons. The Balaban J connectivity index is 1.54. The third kappa shape index (κ3) is 4.17. The number of hydrogen-bond donors (Lipinski definition) is 1. The molecule has 0 bridgehead atoms. The van der Waals surface area contributed by atoms with Crippen molar-refractivity contribution >= 4 is 33.2 Å². The number of nitrogens with zero attached hydrogens (tertiary/aromatic N) is 2. The first-order valence-electron chi connectivity index (χ1n) is 11.4. The standard InChI is InChI=1S/C25H31N3O4S/c1-5-17-8-6-10-19(14-17)26-23(29)18-9-7-13-28(16-18)33(31,32)20-11-12-22-21(15-20)25(2,3)24(30)27(22)4/h6,8,10-12,14-15,18H,5,7,9,13,16H2,1-4H3,(H,26,29)/t18-/m1/s1. The zero-order valence-electron chi connectivity index (χ0n) is 19.6. The van der Waals surface area contributed by atoms with Gasteiger partial charge in [-0.3, -0.25) is 9.59 Å². The third-order valence-corrected chi connectivity index (χ3v) is 8.70. The summed E-state index contributed by atoms with van der Waals surface area (Å²) in [5.41, 5.74) is 2.51. The van der Waals surface area contributed by atoms with Gasteiger partial charge in [0.05, 0.1) is 16.2 Å². The van der Waals surface area contributed by atoms with E-state index in [1.54, 1.807) is 30.1 Å². The predicted octanol–water partition coefficient (Wildman–Crippen LogP) is 3.54. The van der Waals surface area contributed by atoms with Crippen LogP contribution in [0, 0.1) is 5.92 Å². The smallest absolute Gasteiger partial charge is 0.243 e. The van der Waals surface area contributed by atoms with Crippen LogP contribution in [-0.2, 0) is 31.4 Å². The minimum absolute atomic E-state index is 0.0612. The Morgan fingerprint density at radius 1 is 1.18 bits per heavy atom.